The van der Waals surface area contributed by atoms with E-state index in [9.17, 15) is 0 Å². The van der Waals surface area contributed by atoms with E-state index in [1.807, 2.05) is 6.07 Å². The molecule has 3 heteroatoms. The van der Waals surface area contributed by atoms with Gasteiger partial charge in [0.15, 0.2) is 0 Å². The van der Waals surface area contributed by atoms with E-state index in [1.165, 1.54) is 0 Å². The van der Waals surface area contributed by atoms with Gasteiger partial charge in [0.1, 0.15) is 0 Å². The highest BCUT2D eigenvalue weighted by Crippen LogP contribution is 1.79. The SMILES string of the molecule is N#CCCCNN. The molecule has 0 rings (SSSR count). The van der Waals surface area contributed by atoms with Crippen LogP contribution in [0.1, 0.15) is 12.8 Å². The average molecular weight is 99.1 g/mol. The molecule has 0 bridgehead atoms. The van der Waals surface area contributed by atoms with Gasteiger partial charge in [-0.05, 0) is 6.42 Å². The summed E-state index contributed by atoms with van der Waals surface area (Å²) in [6, 6.07) is 2.01. The van der Waals surface area contributed by atoms with Gasteiger partial charge in [-0.1, -0.05) is 0 Å². The van der Waals surface area contributed by atoms with Gasteiger partial charge in [0.25, 0.3) is 0 Å². The van der Waals surface area contributed by atoms with Crippen LogP contribution in [0.4, 0.5) is 0 Å². The minimum Gasteiger partial charge on any atom is -0.271 e. The number of nitrogens with one attached hydrogen (secondary N) is 1. The van der Waals surface area contributed by atoms with Crippen LogP contribution in [0.3, 0.4) is 0 Å². The first kappa shape index (κ1) is 6.41. The molecule has 0 heterocycles. The van der Waals surface area contributed by atoms with E-state index in [0.717, 1.165) is 13.0 Å². The molecule has 0 saturated carbocycles. The summed E-state index contributed by atoms with van der Waals surface area (Å²) in [7, 11) is 0. The lowest BCUT2D eigenvalue weighted by atomic mass is 10.3. The molecule has 0 amide bonds. The quantitative estimate of drug-likeness (QED) is 0.291. The fraction of sp³-hybridized carbons (Fsp3) is 0.750. The number of unbranched alkanes of at least 4 members (excludes halogenated alkanes) is 1. The smallest absolute Gasteiger partial charge is 0.0622 e. The lowest BCUT2D eigenvalue weighted by Gasteiger charge is -1.88. The summed E-state index contributed by atoms with van der Waals surface area (Å²) in [5, 5.41) is 7.97. The summed E-state index contributed by atoms with van der Waals surface area (Å²) in [5.74, 6) is 4.91. The fourth-order valence-electron chi connectivity index (χ4n) is 0.270. The second-order valence-corrected chi connectivity index (χ2v) is 1.22. The molecule has 0 fully saturated rings. The molecule has 0 aromatic carbocycles. The molecule has 0 radical (unpaired) electrons. The van der Waals surface area contributed by atoms with Gasteiger partial charge >= 0.3 is 0 Å². The number of hydrogen-bond donors (Lipinski definition) is 2. The van der Waals surface area contributed by atoms with Crippen molar-refractivity contribution in [3.63, 3.8) is 0 Å². The molecular formula is C4H9N3. The van der Waals surface area contributed by atoms with Gasteiger partial charge in [-0.25, -0.2) is 0 Å². The first-order valence-corrected chi connectivity index (χ1v) is 2.22. The van der Waals surface area contributed by atoms with Crippen LogP contribution >= 0.6 is 0 Å². The molecule has 3 N–H and O–H groups in total. The zero-order valence-corrected chi connectivity index (χ0v) is 4.15. The Morgan fingerprint density at radius 2 is 2.43 bits per heavy atom. The highest BCUT2D eigenvalue weighted by atomic mass is 15.2. The van der Waals surface area contributed by atoms with Crippen molar-refractivity contribution in [2.45, 2.75) is 12.8 Å². The molecule has 0 aliphatic rings. The maximum absolute atomic E-state index is 7.97. The van der Waals surface area contributed by atoms with Gasteiger partial charge in [0, 0.05) is 13.0 Å². The Labute approximate surface area is 43.1 Å². The van der Waals surface area contributed by atoms with Crippen LogP contribution in [0, 0.1) is 11.3 Å². The second-order valence-electron chi connectivity index (χ2n) is 1.22. The van der Waals surface area contributed by atoms with Crippen molar-refractivity contribution in [3.05, 3.63) is 0 Å². The second kappa shape index (κ2) is 5.41. The van der Waals surface area contributed by atoms with Crippen molar-refractivity contribution in [2.75, 3.05) is 6.54 Å². The molecule has 0 atom stereocenters. The first-order valence-electron chi connectivity index (χ1n) is 2.22. The summed E-state index contributed by atoms with van der Waals surface area (Å²) in [5.41, 5.74) is 2.45. The number of hydrogen-bond acceptors (Lipinski definition) is 3. The van der Waals surface area contributed by atoms with E-state index in [2.05, 4.69) is 5.43 Å². The fourth-order valence-corrected chi connectivity index (χ4v) is 0.270. The molecule has 40 valence electrons. The lowest BCUT2D eigenvalue weighted by Crippen LogP contribution is -2.22. The average Bonchev–Trinajstić information content (AvgIpc) is 1.69. The monoisotopic (exact) mass is 99.1 g/mol. The van der Waals surface area contributed by atoms with Crippen molar-refractivity contribution in [2.24, 2.45) is 5.84 Å². The normalized spacial score (nSPS) is 8.00. The van der Waals surface area contributed by atoms with Gasteiger partial charge in [0.2, 0.25) is 0 Å². The number of nitriles is 1. The Kier molecular flexibility index (Phi) is 4.95. The number of rotatable bonds is 3. The van der Waals surface area contributed by atoms with E-state index >= 15 is 0 Å². The molecule has 7 heavy (non-hydrogen) atoms. The summed E-state index contributed by atoms with van der Waals surface area (Å²) in [6.45, 7) is 0.730. The predicted octanol–water partition coefficient (Wildman–Crippen LogP) is -0.247. The van der Waals surface area contributed by atoms with E-state index < -0.39 is 0 Å². The molecule has 0 aliphatic carbocycles. The summed E-state index contributed by atoms with van der Waals surface area (Å²) in [6.07, 6.45) is 1.43. The van der Waals surface area contributed by atoms with E-state index in [-0.39, 0.29) is 0 Å². The Balaban J connectivity index is 2.60. The third-order valence-electron chi connectivity index (χ3n) is 0.610. The van der Waals surface area contributed by atoms with Crippen molar-refractivity contribution in [1.29, 1.82) is 5.26 Å². The summed E-state index contributed by atoms with van der Waals surface area (Å²) in [4.78, 5) is 0. The van der Waals surface area contributed by atoms with Gasteiger partial charge in [0.05, 0.1) is 6.07 Å². The van der Waals surface area contributed by atoms with Crippen LogP contribution in [-0.4, -0.2) is 6.54 Å². The van der Waals surface area contributed by atoms with Crippen LogP contribution in [0.15, 0.2) is 0 Å². The zero-order valence-electron chi connectivity index (χ0n) is 4.15. The standard InChI is InChI=1S/C4H9N3/c5-3-1-2-4-7-6/h7H,1-2,4,6H2. The molecule has 0 saturated heterocycles. The minimum absolute atomic E-state index is 0.588. The minimum atomic E-state index is 0.588. The van der Waals surface area contributed by atoms with Crippen LogP contribution in [0.5, 0.6) is 0 Å². The molecule has 0 aliphatic heterocycles. The Hall–Kier alpha value is -0.590. The molecule has 0 unspecified atom stereocenters. The summed E-state index contributed by atoms with van der Waals surface area (Å²) < 4.78 is 0. The number of nitrogens with zero attached hydrogens (tertiary/aromatic N) is 1. The molecule has 0 aromatic heterocycles. The van der Waals surface area contributed by atoms with Crippen LogP contribution in [0.25, 0.3) is 0 Å². The topological polar surface area (TPSA) is 61.8 Å². The molecule has 3 nitrogen and oxygen atoms in total. The zero-order chi connectivity index (χ0) is 5.54. The van der Waals surface area contributed by atoms with E-state index in [4.69, 9.17) is 11.1 Å². The van der Waals surface area contributed by atoms with Crippen molar-refractivity contribution < 1.29 is 0 Å². The Morgan fingerprint density at radius 3 is 2.86 bits per heavy atom. The van der Waals surface area contributed by atoms with Crippen molar-refractivity contribution in [1.82, 2.24) is 5.43 Å². The number of nitrogens with two attached hydrogens (primary N) is 1. The number of hydrazine groups is 1. The van der Waals surface area contributed by atoms with Gasteiger partial charge in [-0.3, -0.25) is 11.3 Å². The third kappa shape index (κ3) is 5.41. The van der Waals surface area contributed by atoms with E-state index in [1.54, 1.807) is 0 Å². The van der Waals surface area contributed by atoms with Gasteiger partial charge in [-0.2, -0.15) is 5.26 Å². The Bertz CT molecular complexity index is 63.8. The maximum Gasteiger partial charge on any atom is 0.0622 e. The van der Waals surface area contributed by atoms with Gasteiger partial charge < -0.3 is 0 Å². The van der Waals surface area contributed by atoms with Gasteiger partial charge in [-0.15, -0.1) is 0 Å². The van der Waals surface area contributed by atoms with Crippen molar-refractivity contribution in [3.8, 4) is 6.07 Å². The predicted molar refractivity (Wildman–Crippen MR) is 27.0 cm³/mol. The highest BCUT2D eigenvalue weighted by molar-refractivity contribution is 4.67. The van der Waals surface area contributed by atoms with Crippen LogP contribution in [0.2, 0.25) is 0 Å². The Morgan fingerprint density at radius 1 is 1.71 bits per heavy atom. The largest absolute Gasteiger partial charge is 0.271 e. The van der Waals surface area contributed by atoms with E-state index in [0.29, 0.717) is 6.42 Å². The van der Waals surface area contributed by atoms with Crippen LogP contribution < -0.4 is 11.3 Å². The molecule has 0 spiro atoms. The third-order valence-corrected chi connectivity index (χ3v) is 0.610. The highest BCUT2D eigenvalue weighted by Gasteiger charge is 1.78. The first-order chi connectivity index (χ1) is 3.41. The van der Waals surface area contributed by atoms with Crippen molar-refractivity contribution >= 4 is 0 Å². The summed E-state index contributed by atoms with van der Waals surface area (Å²) >= 11 is 0. The molecular weight excluding hydrogens is 90.1 g/mol. The lowest BCUT2D eigenvalue weighted by molar-refractivity contribution is 0.690. The molecule has 0 aromatic rings. The van der Waals surface area contributed by atoms with Crippen LogP contribution in [-0.2, 0) is 0 Å². The maximum atomic E-state index is 7.97.